The van der Waals surface area contributed by atoms with Crippen LogP contribution in [-0.2, 0) is 4.79 Å². The van der Waals surface area contributed by atoms with Crippen molar-refractivity contribution in [2.45, 2.75) is 34.1 Å². The molecule has 0 amide bonds. The molecule has 0 aliphatic heterocycles. The SMILES string of the molecule is C/C(C=O)=C\CC(C)C(C)C. The van der Waals surface area contributed by atoms with Crippen molar-refractivity contribution < 1.29 is 4.79 Å². The summed E-state index contributed by atoms with van der Waals surface area (Å²) >= 11 is 0. The summed E-state index contributed by atoms with van der Waals surface area (Å²) in [6, 6.07) is 0. The van der Waals surface area contributed by atoms with E-state index in [4.69, 9.17) is 0 Å². The van der Waals surface area contributed by atoms with Gasteiger partial charge in [0.05, 0.1) is 0 Å². The van der Waals surface area contributed by atoms with Crippen LogP contribution in [0.2, 0.25) is 0 Å². The predicted molar refractivity (Wildman–Crippen MR) is 48.4 cm³/mol. The van der Waals surface area contributed by atoms with E-state index in [1.165, 1.54) is 0 Å². The lowest BCUT2D eigenvalue weighted by Gasteiger charge is -2.12. The first-order valence-electron chi connectivity index (χ1n) is 4.19. The van der Waals surface area contributed by atoms with Gasteiger partial charge in [0.1, 0.15) is 6.29 Å². The lowest BCUT2D eigenvalue weighted by Crippen LogP contribution is -2.02. The zero-order valence-electron chi connectivity index (χ0n) is 7.92. The fourth-order valence-electron chi connectivity index (χ4n) is 0.692. The Kier molecular flexibility index (Phi) is 4.84. The van der Waals surface area contributed by atoms with Gasteiger partial charge in [-0.05, 0) is 30.8 Å². The second-order valence-corrected chi connectivity index (χ2v) is 3.52. The van der Waals surface area contributed by atoms with Crippen LogP contribution in [0.1, 0.15) is 34.1 Å². The molecule has 0 bridgehead atoms. The van der Waals surface area contributed by atoms with Crippen molar-refractivity contribution in [3.8, 4) is 0 Å². The molecule has 11 heavy (non-hydrogen) atoms. The van der Waals surface area contributed by atoms with Crippen LogP contribution in [0, 0.1) is 11.8 Å². The van der Waals surface area contributed by atoms with Gasteiger partial charge in [0.2, 0.25) is 0 Å². The third kappa shape index (κ3) is 4.77. The van der Waals surface area contributed by atoms with E-state index in [0.717, 1.165) is 18.3 Å². The third-order valence-electron chi connectivity index (χ3n) is 2.14. The summed E-state index contributed by atoms with van der Waals surface area (Å²) in [5.74, 6) is 1.37. The summed E-state index contributed by atoms with van der Waals surface area (Å²) in [5.41, 5.74) is 0.845. The highest BCUT2D eigenvalue weighted by molar-refractivity contribution is 5.71. The van der Waals surface area contributed by atoms with Crippen molar-refractivity contribution in [3.05, 3.63) is 11.6 Å². The van der Waals surface area contributed by atoms with Crippen LogP contribution in [0.25, 0.3) is 0 Å². The van der Waals surface area contributed by atoms with E-state index in [0.29, 0.717) is 11.8 Å². The second kappa shape index (κ2) is 5.11. The number of hydrogen-bond acceptors (Lipinski definition) is 1. The average molecular weight is 154 g/mol. The molecular formula is C10H18O. The molecule has 0 N–H and O–H groups in total. The Labute approximate surface area is 69.5 Å². The molecule has 0 fully saturated rings. The molecule has 1 heteroatoms. The fraction of sp³-hybridized carbons (Fsp3) is 0.700. The molecule has 0 radical (unpaired) electrons. The zero-order valence-corrected chi connectivity index (χ0v) is 7.92. The fourth-order valence-corrected chi connectivity index (χ4v) is 0.692. The molecule has 0 aliphatic carbocycles. The van der Waals surface area contributed by atoms with E-state index in [1.54, 1.807) is 0 Å². The van der Waals surface area contributed by atoms with Gasteiger partial charge in [-0.2, -0.15) is 0 Å². The second-order valence-electron chi connectivity index (χ2n) is 3.52. The topological polar surface area (TPSA) is 17.1 Å². The first kappa shape index (κ1) is 10.4. The molecule has 1 nitrogen and oxygen atoms in total. The number of carbonyl (C=O) groups excluding carboxylic acids is 1. The van der Waals surface area contributed by atoms with Crippen molar-refractivity contribution in [2.24, 2.45) is 11.8 Å². The van der Waals surface area contributed by atoms with Gasteiger partial charge in [0, 0.05) is 0 Å². The Hall–Kier alpha value is -0.590. The molecule has 1 unspecified atom stereocenters. The molecule has 0 aromatic carbocycles. The van der Waals surface area contributed by atoms with E-state index >= 15 is 0 Å². The Morgan fingerprint density at radius 2 is 1.91 bits per heavy atom. The summed E-state index contributed by atoms with van der Waals surface area (Å²) in [4.78, 5) is 10.2. The molecule has 1 atom stereocenters. The predicted octanol–water partition coefficient (Wildman–Crippen LogP) is 2.81. The van der Waals surface area contributed by atoms with Crippen molar-refractivity contribution >= 4 is 6.29 Å². The molecule has 0 aromatic rings. The molecule has 64 valence electrons. The standard InChI is InChI=1S/C10H18O/c1-8(2)10(4)6-5-9(3)7-11/h5,7-8,10H,6H2,1-4H3/b9-5+. The molecule has 0 saturated carbocycles. The number of hydrogen-bond donors (Lipinski definition) is 0. The quantitative estimate of drug-likeness (QED) is 0.449. The summed E-state index contributed by atoms with van der Waals surface area (Å²) in [5, 5.41) is 0. The van der Waals surface area contributed by atoms with E-state index in [-0.39, 0.29) is 0 Å². The number of rotatable bonds is 4. The van der Waals surface area contributed by atoms with E-state index in [1.807, 2.05) is 13.0 Å². The smallest absolute Gasteiger partial charge is 0.145 e. The van der Waals surface area contributed by atoms with Gasteiger partial charge in [-0.15, -0.1) is 0 Å². The largest absolute Gasteiger partial charge is 0.298 e. The zero-order chi connectivity index (χ0) is 8.85. The molecule has 0 aliphatic rings. The van der Waals surface area contributed by atoms with E-state index in [9.17, 15) is 4.79 Å². The Balaban J connectivity index is 3.77. The Morgan fingerprint density at radius 1 is 1.36 bits per heavy atom. The normalized spacial score (nSPS) is 15.2. The van der Waals surface area contributed by atoms with Gasteiger partial charge in [-0.25, -0.2) is 0 Å². The van der Waals surface area contributed by atoms with Crippen LogP contribution in [0.4, 0.5) is 0 Å². The van der Waals surface area contributed by atoms with Crippen LogP contribution in [0.15, 0.2) is 11.6 Å². The van der Waals surface area contributed by atoms with Crippen molar-refractivity contribution in [3.63, 3.8) is 0 Å². The number of carbonyl (C=O) groups is 1. The molecule has 0 saturated heterocycles. The molecule has 0 spiro atoms. The van der Waals surface area contributed by atoms with Crippen molar-refractivity contribution in [1.82, 2.24) is 0 Å². The monoisotopic (exact) mass is 154 g/mol. The highest BCUT2D eigenvalue weighted by Gasteiger charge is 2.04. The van der Waals surface area contributed by atoms with E-state index < -0.39 is 0 Å². The van der Waals surface area contributed by atoms with Gasteiger partial charge in [0.25, 0.3) is 0 Å². The first-order valence-corrected chi connectivity index (χ1v) is 4.19. The number of aldehydes is 1. The molecule has 0 heterocycles. The third-order valence-corrected chi connectivity index (χ3v) is 2.14. The van der Waals surface area contributed by atoms with Crippen LogP contribution in [0.3, 0.4) is 0 Å². The molecular weight excluding hydrogens is 136 g/mol. The highest BCUT2D eigenvalue weighted by atomic mass is 16.1. The highest BCUT2D eigenvalue weighted by Crippen LogP contribution is 2.14. The first-order chi connectivity index (χ1) is 5.07. The van der Waals surface area contributed by atoms with Crippen molar-refractivity contribution in [2.75, 3.05) is 0 Å². The Morgan fingerprint density at radius 3 is 2.27 bits per heavy atom. The minimum atomic E-state index is 0.671. The van der Waals surface area contributed by atoms with E-state index in [2.05, 4.69) is 20.8 Å². The lowest BCUT2D eigenvalue weighted by atomic mass is 9.94. The average Bonchev–Trinajstić information content (AvgIpc) is 1.99. The van der Waals surface area contributed by atoms with Gasteiger partial charge in [-0.1, -0.05) is 26.8 Å². The number of allylic oxidation sites excluding steroid dienone is 2. The maximum atomic E-state index is 10.2. The van der Waals surface area contributed by atoms with Gasteiger partial charge in [0.15, 0.2) is 0 Å². The molecule has 0 aromatic heterocycles. The molecule has 0 rings (SSSR count). The summed E-state index contributed by atoms with van der Waals surface area (Å²) in [7, 11) is 0. The van der Waals surface area contributed by atoms with Crippen LogP contribution < -0.4 is 0 Å². The maximum absolute atomic E-state index is 10.2. The maximum Gasteiger partial charge on any atom is 0.145 e. The van der Waals surface area contributed by atoms with Gasteiger partial charge >= 0.3 is 0 Å². The van der Waals surface area contributed by atoms with Crippen molar-refractivity contribution in [1.29, 1.82) is 0 Å². The summed E-state index contributed by atoms with van der Waals surface area (Å²) < 4.78 is 0. The summed E-state index contributed by atoms with van der Waals surface area (Å²) in [6.07, 6.45) is 3.94. The Bertz CT molecular complexity index is 145. The lowest BCUT2D eigenvalue weighted by molar-refractivity contribution is -0.104. The van der Waals surface area contributed by atoms with Crippen LogP contribution in [-0.4, -0.2) is 6.29 Å². The minimum Gasteiger partial charge on any atom is -0.298 e. The minimum absolute atomic E-state index is 0.671. The van der Waals surface area contributed by atoms with Crippen LogP contribution >= 0.6 is 0 Å². The van der Waals surface area contributed by atoms with Gasteiger partial charge < -0.3 is 0 Å². The van der Waals surface area contributed by atoms with Gasteiger partial charge in [-0.3, -0.25) is 4.79 Å². The van der Waals surface area contributed by atoms with Crippen LogP contribution in [0.5, 0.6) is 0 Å². The summed E-state index contributed by atoms with van der Waals surface area (Å²) in [6.45, 7) is 8.46.